The average molecular weight is 289 g/mol. The Morgan fingerprint density at radius 3 is 2.57 bits per heavy atom. The van der Waals surface area contributed by atoms with Gasteiger partial charge in [-0.25, -0.2) is 4.39 Å². The van der Waals surface area contributed by atoms with Crippen molar-refractivity contribution < 1.29 is 14.2 Å². The van der Waals surface area contributed by atoms with Gasteiger partial charge in [-0.15, -0.1) is 0 Å². The molecular weight excluding hydrogens is 269 g/mol. The maximum absolute atomic E-state index is 12.8. The van der Waals surface area contributed by atoms with Gasteiger partial charge in [0.2, 0.25) is 0 Å². The van der Waals surface area contributed by atoms with Gasteiger partial charge >= 0.3 is 0 Å². The van der Waals surface area contributed by atoms with Crippen LogP contribution in [0.25, 0.3) is 0 Å². The van der Waals surface area contributed by atoms with E-state index >= 15 is 0 Å². The number of methoxy groups -OCH3 is 1. The molecule has 0 aliphatic rings. The summed E-state index contributed by atoms with van der Waals surface area (Å²) in [4.78, 5) is 0. The van der Waals surface area contributed by atoms with Gasteiger partial charge in [0.05, 0.1) is 13.2 Å². The van der Waals surface area contributed by atoms with Crippen molar-refractivity contribution in [3.05, 3.63) is 65.5 Å². The molecule has 0 spiro atoms. The van der Waals surface area contributed by atoms with Crippen LogP contribution in [0.2, 0.25) is 0 Å². The highest BCUT2D eigenvalue weighted by Crippen LogP contribution is 2.21. The second kappa shape index (κ2) is 7.20. The van der Waals surface area contributed by atoms with Gasteiger partial charge in [0.15, 0.2) is 0 Å². The van der Waals surface area contributed by atoms with Gasteiger partial charge in [-0.3, -0.25) is 0 Å². The van der Waals surface area contributed by atoms with E-state index in [1.807, 2.05) is 31.2 Å². The smallest absolute Gasteiger partial charge is 0.123 e. The minimum atomic E-state index is -0.638. The summed E-state index contributed by atoms with van der Waals surface area (Å²) in [5.74, 6) is 0.473. The zero-order chi connectivity index (χ0) is 15.2. The molecular formula is C17H20FNO2. The summed E-state index contributed by atoms with van der Waals surface area (Å²) in [5.41, 5.74) is 1.77. The third-order valence-electron chi connectivity index (χ3n) is 3.45. The van der Waals surface area contributed by atoms with Crippen molar-refractivity contribution in [2.45, 2.75) is 25.6 Å². The Labute approximate surface area is 124 Å². The van der Waals surface area contributed by atoms with E-state index in [0.29, 0.717) is 6.54 Å². The van der Waals surface area contributed by atoms with E-state index in [9.17, 15) is 9.50 Å². The molecule has 21 heavy (non-hydrogen) atoms. The summed E-state index contributed by atoms with van der Waals surface area (Å²) in [6.45, 7) is 2.48. The van der Waals surface area contributed by atoms with Crippen LogP contribution in [0.1, 0.15) is 24.2 Å². The second-order valence-electron chi connectivity index (χ2n) is 5.02. The molecule has 0 saturated heterocycles. The molecule has 0 fully saturated rings. The molecule has 0 saturated carbocycles. The molecule has 2 aromatic rings. The molecule has 4 heteroatoms. The molecule has 0 heterocycles. The SMILES string of the molecule is COc1cccc(C(O)C(C)NCc2ccc(F)cc2)c1. The Bertz CT molecular complexity index is 571. The molecule has 2 N–H and O–H groups in total. The van der Waals surface area contributed by atoms with E-state index in [1.165, 1.54) is 12.1 Å². The number of hydrogen-bond acceptors (Lipinski definition) is 3. The number of aliphatic hydroxyl groups is 1. The first-order valence-electron chi connectivity index (χ1n) is 6.90. The van der Waals surface area contributed by atoms with Gasteiger partial charge in [-0.2, -0.15) is 0 Å². The highest BCUT2D eigenvalue weighted by atomic mass is 19.1. The van der Waals surface area contributed by atoms with Crippen LogP contribution in [0.4, 0.5) is 4.39 Å². The van der Waals surface area contributed by atoms with Crippen molar-refractivity contribution in [1.82, 2.24) is 5.32 Å². The molecule has 2 atom stereocenters. The Hall–Kier alpha value is -1.91. The largest absolute Gasteiger partial charge is 0.497 e. The van der Waals surface area contributed by atoms with E-state index in [1.54, 1.807) is 19.2 Å². The van der Waals surface area contributed by atoms with Crippen molar-refractivity contribution in [2.24, 2.45) is 0 Å². The maximum Gasteiger partial charge on any atom is 0.123 e. The minimum Gasteiger partial charge on any atom is -0.497 e. The Balaban J connectivity index is 1.95. The fourth-order valence-electron chi connectivity index (χ4n) is 2.11. The van der Waals surface area contributed by atoms with Gasteiger partial charge in [0.1, 0.15) is 11.6 Å². The zero-order valence-electron chi connectivity index (χ0n) is 12.2. The lowest BCUT2D eigenvalue weighted by molar-refractivity contribution is 0.135. The molecule has 2 rings (SSSR count). The van der Waals surface area contributed by atoms with Gasteiger partial charge < -0.3 is 15.2 Å². The van der Waals surface area contributed by atoms with Crippen LogP contribution in [0.5, 0.6) is 5.75 Å². The number of rotatable bonds is 6. The second-order valence-corrected chi connectivity index (χ2v) is 5.02. The van der Waals surface area contributed by atoms with Crippen LogP contribution in [-0.2, 0) is 6.54 Å². The molecule has 2 aromatic carbocycles. The van der Waals surface area contributed by atoms with E-state index in [4.69, 9.17) is 4.74 Å². The van der Waals surface area contributed by atoms with Gasteiger partial charge in [-0.1, -0.05) is 24.3 Å². The van der Waals surface area contributed by atoms with Crippen LogP contribution in [0, 0.1) is 5.82 Å². The van der Waals surface area contributed by atoms with Crippen molar-refractivity contribution in [2.75, 3.05) is 7.11 Å². The van der Waals surface area contributed by atoms with Crippen molar-refractivity contribution in [3.63, 3.8) is 0 Å². The molecule has 112 valence electrons. The topological polar surface area (TPSA) is 41.5 Å². The Morgan fingerprint density at radius 2 is 1.90 bits per heavy atom. The van der Waals surface area contributed by atoms with Crippen LogP contribution in [-0.4, -0.2) is 18.3 Å². The van der Waals surface area contributed by atoms with E-state index in [0.717, 1.165) is 16.9 Å². The molecule has 0 aromatic heterocycles. The van der Waals surface area contributed by atoms with Crippen molar-refractivity contribution in [1.29, 1.82) is 0 Å². The number of halogens is 1. The Morgan fingerprint density at radius 1 is 1.19 bits per heavy atom. The molecule has 0 radical (unpaired) electrons. The average Bonchev–Trinajstić information content (AvgIpc) is 2.53. The summed E-state index contributed by atoms with van der Waals surface area (Å²) >= 11 is 0. The summed E-state index contributed by atoms with van der Waals surface area (Å²) < 4.78 is 18.0. The van der Waals surface area contributed by atoms with Gasteiger partial charge in [0.25, 0.3) is 0 Å². The number of hydrogen-bond donors (Lipinski definition) is 2. The van der Waals surface area contributed by atoms with Gasteiger partial charge in [-0.05, 0) is 42.3 Å². The normalized spacial score (nSPS) is 13.7. The lowest BCUT2D eigenvalue weighted by atomic mass is 10.0. The lowest BCUT2D eigenvalue weighted by Crippen LogP contribution is -2.31. The molecule has 0 aliphatic carbocycles. The van der Waals surface area contributed by atoms with E-state index in [-0.39, 0.29) is 11.9 Å². The molecule has 0 bridgehead atoms. The molecule has 0 amide bonds. The standard InChI is InChI=1S/C17H20FNO2/c1-12(19-11-13-6-8-15(18)9-7-13)17(20)14-4-3-5-16(10-14)21-2/h3-10,12,17,19-20H,11H2,1-2H3. The van der Waals surface area contributed by atoms with Crippen LogP contribution in [0.15, 0.2) is 48.5 Å². The maximum atomic E-state index is 12.8. The van der Waals surface area contributed by atoms with Crippen LogP contribution in [0.3, 0.4) is 0 Å². The number of nitrogens with one attached hydrogen (secondary N) is 1. The number of ether oxygens (including phenoxy) is 1. The van der Waals surface area contributed by atoms with Gasteiger partial charge in [0, 0.05) is 12.6 Å². The summed E-state index contributed by atoms with van der Waals surface area (Å²) in [5, 5.41) is 13.6. The van der Waals surface area contributed by atoms with Crippen LogP contribution >= 0.6 is 0 Å². The fraction of sp³-hybridized carbons (Fsp3) is 0.294. The molecule has 0 aliphatic heterocycles. The highest BCUT2D eigenvalue weighted by Gasteiger charge is 2.16. The number of benzene rings is 2. The summed E-state index contributed by atoms with van der Waals surface area (Å²) in [7, 11) is 1.60. The third kappa shape index (κ3) is 4.28. The predicted octanol–water partition coefficient (Wildman–Crippen LogP) is 3.05. The first kappa shape index (κ1) is 15.5. The van der Waals surface area contributed by atoms with Crippen LogP contribution < -0.4 is 10.1 Å². The van der Waals surface area contributed by atoms with Crippen molar-refractivity contribution in [3.8, 4) is 5.75 Å². The number of aliphatic hydroxyl groups excluding tert-OH is 1. The third-order valence-corrected chi connectivity index (χ3v) is 3.45. The summed E-state index contributed by atoms with van der Waals surface area (Å²) in [6.07, 6.45) is -0.638. The lowest BCUT2D eigenvalue weighted by Gasteiger charge is -2.21. The predicted molar refractivity (Wildman–Crippen MR) is 80.7 cm³/mol. The summed E-state index contributed by atoms with van der Waals surface area (Å²) in [6, 6.07) is 13.6. The first-order chi connectivity index (χ1) is 10.1. The first-order valence-corrected chi connectivity index (χ1v) is 6.90. The molecule has 2 unspecified atom stereocenters. The van der Waals surface area contributed by atoms with E-state index in [2.05, 4.69) is 5.32 Å². The van der Waals surface area contributed by atoms with E-state index < -0.39 is 6.10 Å². The quantitative estimate of drug-likeness (QED) is 0.859. The minimum absolute atomic E-state index is 0.137. The zero-order valence-corrected chi connectivity index (χ0v) is 12.2. The monoisotopic (exact) mass is 289 g/mol. The Kier molecular flexibility index (Phi) is 5.31. The molecule has 3 nitrogen and oxygen atoms in total. The fourth-order valence-corrected chi connectivity index (χ4v) is 2.11. The highest BCUT2D eigenvalue weighted by molar-refractivity contribution is 5.30. The van der Waals surface area contributed by atoms with Crippen molar-refractivity contribution >= 4 is 0 Å².